The highest BCUT2D eigenvalue weighted by Gasteiger charge is 2.33. The van der Waals surface area contributed by atoms with E-state index >= 15 is 0 Å². The maximum absolute atomic E-state index is 10.6. The largest absolute Gasteiger partial charge is 0.308 e. The quantitative estimate of drug-likeness (QED) is 0.196. The Kier molecular flexibility index (Phi) is 6.96. The van der Waals surface area contributed by atoms with Gasteiger partial charge in [0, 0.05) is 22.6 Å². The zero-order valence-electron chi connectivity index (χ0n) is 28.7. The normalized spacial score (nSPS) is 16.0. The SMILES string of the molecule is Cc1cc(C#N)c(-n2c3ccc(C(C)(C)C)cc3c3cc(C(C)(C)C)ccc32)cc1C1c2ccccc2C(C)c2cc(C#N)ccc21. The summed E-state index contributed by atoms with van der Waals surface area (Å²) in [6, 6.07) is 37.8. The summed E-state index contributed by atoms with van der Waals surface area (Å²) in [5.74, 6) is 0.153. The molecule has 0 saturated heterocycles. The number of benzene rings is 5. The first-order valence-electron chi connectivity index (χ1n) is 16.6. The van der Waals surface area contributed by atoms with Gasteiger partial charge in [-0.3, -0.25) is 0 Å². The van der Waals surface area contributed by atoms with E-state index in [1.807, 2.05) is 6.07 Å². The number of nitrogens with zero attached hydrogens (tertiary/aromatic N) is 3. The fourth-order valence-corrected chi connectivity index (χ4v) is 7.63. The molecule has 0 saturated carbocycles. The third-order valence-corrected chi connectivity index (χ3v) is 10.3. The molecule has 0 radical (unpaired) electrons. The smallest absolute Gasteiger partial charge is 0.101 e. The molecule has 5 aromatic carbocycles. The van der Waals surface area contributed by atoms with Crippen LogP contribution < -0.4 is 0 Å². The van der Waals surface area contributed by atoms with Crippen LogP contribution in [0.5, 0.6) is 0 Å². The second-order valence-electron chi connectivity index (χ2n) is 15.4. The van der Waals surface area contributed by atoms with Crippen molar-refractivity contribution in [2.75, 3.05) is 0 Å². The molecule has 3 heteroatoms. The first-order valence-corrected chi connectivity index (χ1v) is 16.6. The van der Waals surface area contributed by atoms with Crippen molar-refractivity contribution in [3.8, 4) is 17.8 Å². The lowest BCUT2D eigenvalue weighted by Gasteiger charge is -2.34. The lowest BCUT2D eigenvalue weighted by molar-refractivity contribution is 0.590. The lowest BCUT2D eigenvalue weighted by Crippen LogP contribution is -2.19. The van der Waals surface area contributed by atoms with E-state index in [0.717, 1.165) is 22.3 Å². The zero-order valence-corrected chi connectivity index (χ0v) is 28.7. The monoisotopic (exact) mass is 611 g/mol. The van der Waals surface area contributed by atoms with Crippen molar-refractivity contribution in [1.29, 1.82) is 10.5 Å². The van der Waals surface area contributed by atoms with Gasteiger partial charge in [-0.05, 0) is 111 Å². The van der Waals surface area contributed by atoms with Gasteiger partial charge in [0.25, 0.3) is 0 Å². The molecule has 1 aliphatic carbocycles. The number of fused-ring (bicyclic) bond motifs is 5. The molecule has 2 atom stereocenters. The molecule has 0 N–H and O–H groups in total. The molecule has 7 rings (SSSR count). The van der Waals surface area contributed by atoms with E-state index in [4.69, 9.17) is 0 Å². The molecule has 0 bridgehead atoms. The number of aromatic nitrogens is 1. The Morgan fingerprint density at radius 3 is 1.72 bits per heavy atom. The van der Waals surface area contributed by atoms with Crippen LogP contribution in [0.15, 0.2) is 91.0 Å². The molecule has 0 amide bonds. The van der Waals surface area contributed by atoms with Gasteiger partial charge in [0.2, 0.25) is 0 Å². The van der Waals surface area contributed by atoms with Gasteiger partial charge in [0.05, 0.1) is 33.9 Å². The maximum Gasteiger partial charge on any atom is 0.101 e. The molecule has 1 heterocycles. The summed E-state index contributed by atoms with van der Waals surface area (Å²) >= 11 is 0. The van der Waals surface area contributed by atoms with Crippen LogP contribution in [-0.2, 0) is 10.8 Å². The van der Waals surface area contributed by atoms with Crippen LogP contribution in [0.4, 0.5) is 0 Å². The second kappa shape index (κ2) is 10.7. The Labute approximate surface area is 278 Å². The Balaban J connectivity index is 1.55. The number of rotatable bonds is 2. The predicted molar refractivity (Wildman–Crippen MR) is 194 cm³/mol. The van der Waals surface area contributed by atoms with E-state index in [0.29, 0.717) is 11.1 Å². The fourth-order valence-electron chi connectivity index (χ4n) is 7.63. The molecule has 3 nitrogen and oxygen atoms in total. The van der Waals surface area contributed by atoms with Gasteiger partial charge < -0.3 is 4.57 Å². The highest BCUT2D eigenvalue weighted by atomic mass is 15.0. The minimum absolute atomic E-state index is 0.00338. The van der Waals surface area contributed by atoms with Crippen molar-refractivity contribution in [2.45, 2.75) is 78.1 Å². The molecule has 232 valence electrons. The fraction of sp³-hybridized carbons (Fsp3) is 0.273. The molecule has 6 aromatic rings. The van der Waals surface area contributed by atoms with E-state index in [9.17, 15) is 10.5 Å². The first kappa shape index (κ1) is 30.5. The molecule has 0 fully saturated rings. The first-order chi connectivity index (χ1) is 22.3. The minimum Gasteiger partial charge on any atom is -0.308 e. The second-order valence-corrected chi connectivity index (χ2v) is 15.4. The van der Waals surface area contributed by atoms with Gasteiger partial charge >= 0.3 is 0 Å². The van der Waals surface area contributed by atoms with Crippen LogP contribution >= 0.6 is 0 Å². The van der Waals surface area contributed by atoms with Crippen LogP contribution in [-0.4, -0.2) is 4.57 Å². The molecule has 0 aliphatic heterocycles. The van der Waals surface area contributed by atoms with Crippen LogP contribution in [0.1, 0.15) is 116 Å². The molecule has 1 aromatic heterocycles. The standard InChI is InChI=1S/C44H41N3/c1-26-19-29(25-46)41(23-35(26)42-33-12-10-9-11-32(33)27(2)36-20-28(24-45)13-16-34(36)42)47-39-17-14-30(43(3,4)5)21-37(39)38-22-31(44(6,7)8)15-18-40(38)47/h9-23,27,42H,1-8H3. The zero-order chi connectivity index (χ0) is 33.4. The van der Waals surface area contributed by atoms with Crippen LogP contribution in [0, 0.1) is 29.6 Å². The Morgan fingerprint density at radius 2 is 1.17 bits per heavy atom. The van der Waals surface area contributed by atoms with Crippen molar-refractivity contribution in [1.82, 2.24) is 4.57 Å². The van der Waals surface area contributed by atoms with Crippen LogP contribution in [0.3, 0.4) is 0 Å². The molecule has 47 heavy (non-hydrogen) atoms. The lowest BCUT2D eigenvalue weighted by atomic mass is 9.69. The summed E-state index contributed by atoms with van der Waals surface area (Å²) in [7, 11) is 0. The van der Waals surface area contributed by atoms with Crippen LogP contribution in [0.2, 0.25) is 0 Å². The van der Waals surface area contributed by atoms with Crippen molar-refractivity contribution in [2.24, 2.45) is 0 Å². The molecule has 1 aliphatic rings. The third kappa shape index (κ3) is 4.85. The number of aryl methyl sites for hydroxylation is 1. The molecular formula is C44H41N3. The van der Waals surface area contributed by atoms with Crippen molar-refractivity contribution < 1.29 is 0 Å². The summed E-state index contributed by atoms with van der Waals surface area (Å²) in [5.41, 5.74) is 14.3. The number of hydrogen-bond acceptors (Lipinski definition) is 2. The highest BCUT2D eigenvalue weighted by molar-refractivity contribution is 6.10. The summed E-state index contributed by atoms with van der Waals surface area (Å²) in [4.78, 5) is 0. The van der Waals surface area contributed by atoms with Gasteiger partial charge in [0.15, 0.2) is 0 Å². The molecular weight excluding hydrogens is 571 g/mol. The van der Waals surface area contributed by atoms with Gasteiger partial charge in [-0.2, -0.15) is 10.5 Å². The number of hydrogen-bond donors (Lipinski definition) is 0. The van der Waals surface area contributed by atoms with E-state index in [-0.39, 0.29) is 22.7 Å². The highest BCUT2D eigenvalue weighted by Crippen LogP contribution is 2.48. The Hall–Kier alpha value is -5.12. The Bertz CT molecular complexity index is 2250. The summed E-state index contributed by atoms with van der Waals surface area (Å²) in [5, 5.41) is 22.8. The number of nitriles is 2. The average Bonchev–Trinajstić information content (AvgIpc) is 3.37. The van der Waals surface area contributed by atoms with Crippen molar-refractivity contribution >= 4 is 21.8 Å². The van der Waals surface area contributed by atoms with Gasteiger partial charge in [-0.15, -0.1) is 0 Å². The summed E-state index contributed by atoms with van der Waals surface area (Å²) in [6.07, 6.45) is 0. The van der Waals surface area contributed by atoms with E-state index in [1.54, 1.807) is 0 Å². The molecule has 2 unspecified atom stereocenters. The average molecular weight is 612 g/mol. The van der Waals surface area contributed by atoms with Crippen LogP contribution in [0.25, 0.3) is 27.5 Å². The topological polar surface area (TPSA) is 52.5 Å². The summed E-state index contributed by atoms with van der Waals surface area (Å²) in [6.45, 7) is 17.9. The summed E-state index contributed by atoms with van der Waals surface area (Å²) < 4.78 is 2.31. The van der Waals surface area contributed by atoms with Gasteiger partial charge in [-0.25, -0.2) is 0 Å². The van der Waals surface area contributed by atoms with Crippen molar-refractivity contribution in [3.63, 3.8) is 0 Å². The van der Waals surface area contributed by atoms with E-state index < -0.39 is 0 Å². The van der Waals surface area contributed by atoms with Gasteiger partial charge in [-0.1, -0.05) is 90.9 Å². The van der Waals surface area contributed by atoms with Crippen molar-refractivity contribution in [3.05, 3.63) is 147 Å². The van der Waals surface area contributed by atoms with Gasteiger partial charge in [0.1, 0.15) is 6.07 Å². The maximum atomic E-state index is 10.6. The third-order valence-electron chi connectivity index (χ3n) is 10.3. The predicted octanol–water partition coefficient (Wildman–Crippen LogP) is 11.1. The van der Waals surface area contributed by atoms with E-state index in [1.165, 1.54) is 49.7 Å². The van der Waals surface area contributed by atoms with E-state index in [2.05, 4.69) is 157 Å². The molecule has 0 spiro atoms. The minimum atomic E-state index is -0.0234. The Morgan fingerprint density at radius 1 is 0.596 bits per heavy atom.